The summed E-state index contributed by atoms with van der Waals surface area (Å²) in [5.74, 6) is -0.225. The monoisotopic (exact) mass is 261 g/mol. The van der Waals surface area contributed by atoms with Gasteiger partial charge >= 0.3 is 6.18 Å². The number of Topliss-reactive ketones (excluding diaryl/α,β-unsaturated/α-hetero) is 1. The summed E-state index contributed by atoms with van der Waals surface area (Å²) in [6, 6.07) is 2.60. The fourth-order valence-electron chi connectivity index (χ4n) is 1.43. The number of nitrogens with zero attached hydrogens (tertiary/aromatic N) is 1. The van der Waals surface area contributed by atoms with Crippen molar-refractivity contribution in [3.05, 3.63) is 39.4 Å². The Morgan fingerprint density at radius 3 is 2.44 bits per heavy atom. The summed E-state index contributed by atoms with van der Waals surface area (Å²) in [6.45, 7) is 1.60. The van der Waals surface area contributed by atoms with Gasteiger partial charge < -0.3 is 0 Å². The molecule has 1 aromatic rings. The SMILES string of the molecule is CCC(=O)Cc1ccc([N+](=O)[O-])c(C(F)(F)F)c1. The highest BCUT2D eigenvalue weighted by Gasteiger charge is 2.38. The van der Waals surface area contributed by atoms with Gasteiger partial charge in [-0.2, -0.15) is 13.2 Å². The van der Waals surface area contributed by atoms with E-state index in [4.69, 9.17) is 0 Å². The minimum Gasteiger partial charge on any atom is -0.299 e. The first-order chi connectivity index (χ1) is 8.25. The van der Waals surface area contributed by atoms with Crippen molar-refractivity contribution in [2.45, 2.75) is 25.9 Å². The van der Waals surface area contributed by atoms with Crippen molar-refractivity contribution in [1.29, 1.82) is 0 Å². The Labute approximate surface area is 101 Å². The second kappa shape index (κ2) is 5.16. The molecule has 1 aromatic carbocycles. The minimum absolute atomic E-state index is 0.125. The second-order valence-electron chi connectivity index (χ2n) is 3.68. The molecule has 0 N–H and O–H groups in total. The number of ketones is 1. The summed E-state index contributed by atoms with van der Waals surface area (Å²) in [5, 5.41) is 10.5. The number of carbonyl (C=O) groups is 1. The predicted molar refractivity (Wildman–Crippen MR) is 57.1 cm³/mol. The van der Waals surface area contributed by atoms with E-state index in [9.17, 15) is 28.1 Å². The van der Waals surface area contributed by atoms with Crippen molar-refractivity contribution in [2.24, 2.45) is 0 Å². The molecule has 0 bridgehead atoms. The van der Waals surface area contributed by atoms with Crippen molar-refractivity contribution in [1.82, 2.24) is 0 Å². The van der Waals surface area contributed by atoms with Gasteiger partial charge in [0, 0.05) is 18.9 Å². The number of halogens is 3. The van der Waals surface area contributed by atoms with Gasteiger partial charge in [-0.15, -0.1) is 0 Å². The number of benzene rings is 1. The lowest BCUT2D eigenvalue weighted by Crippen LogP contribution is -2.10. The lowest BCUT2D eigenvalue weighted by Gasteiger charge is -2.09. The van der Waals surface area contributed by atoms with E-state index in [1.807, 2.05) is 0 Å². The maximum atomic E-state index is 12.6. The first-order valence-corrected chi connectivity index (χ1v) is 5.12. The summed E-state index contributed by atoms with van der Waals surface area (Å²) in [5.41, 5.74) is -2.20. The molecule has 0 saturated heterocycles. The van der Waals surface area contributed by atoms with Crippen LogP contribution in [0.5, 0.6) is 0 Å². The molecule has 0 heterocycles. The van der Waals surface area contributed by atoms with E-state index in [1.54, 1.807) is 6.92 Å². The first kappa shape index (κ1) is 14.1. The fourth-order valence-corrected chi connectivity index (χ4v) is 1.43. The van der Waals surface area contributed by atoms with Crippen molar-refractivity contribution in [3.8, 4) is 0 Å². The molecule has 1 rings (SSSR count). The number of hydrogen-bond donors (Lipinski definition) is 0. The third-order valence-corrected chi connectivity index (χ3v) is 2.36. The van der Waals surface area contributed by atoms with E-state index in [1.165, 1.54) is 6.07 Å². The Morgan fingerprint density at radius 1 is 1.39 bits per heavy atom. The smallest absolute Gasteiger partial charge is 0.299 e. The van der Waals surface area contributed by atoms with Gasteiger partial charge in [-0.1, -0.05) is 13.0 Å². The van der Waals surface area contributed by atoms with E-state index in [0.717, 1.165) is 6.07 Å². The molecule has 98 valence electrons. The number of rotatable bonds is 4. The minimum atomic E-state index is -4.81. The molecule has 0 fully saturated rings. The maximum absolute atomic E-state index is 12.6. The number of nitro benzene ring substituents is 1. The number of nitro groups is 1. The van der Waals surface area contributed by atoms with Gasteiger partial charge in [-0.3, -0.25) is 14.9 Å². The highest BCUT2D eigenvalue weighted by atomic mass is 19.4. The van der Waals surface area contributed by atoms with E-state index >= 15 is 0 Å². The fraction of sp³-hybridized carbons (Fsp3) is 0.364. The molecule has 18 heavy (non-hydrogen) atoms. The van der Waals surface area contributed by atoms with Gasteiger partial charge in [-0.05, 0) is 11.6 Å². The van der Waals surface area contributed by atoms with Crippen molar-refractivity contribution in [3.63, 3.8) is 0 Å². The molecular formula is C11H10F3NO3. The Bertz CT molecular complexity index is 483. The standard InChI is InChI=1S/C11H10F3NO3/c1-2-8(16)5-7-3-4-10(15(17)18)9(6-7)11(12,13)14/h3-4,6H,2,5H2,1H3. The van der Waals surface area contributed by atoms with Crippen molar-refractivity contribution < 1.29 is 22.9 Å². The van der Waals surface area contributed by atoms with Crippen molar-refractivity contribution >= 4 is 11.5 Å². The van der Waals surface area contributed by atoms with E-state index in [0.29, 0.717) is 6.07 Å². The van der Waals surface area contributed by atoms with E-state index in [2.05, 4.69) is 0 Å². The second-order valence-corrected chi connectivity index (χ2v) is 3.68. The molecule has 0 aliphatic rings. The van der Waals surface area contributed by atoms with Crippen LogP contribution >= 0.6 is 0 Å². The van der Waals surface area contributed by atoms with Gasteiger partial charge in [0.25, 0.3) is 5.69 Å². The van der Waals surface area contributed by atoms with Crippen LogP contribution in [0.1, 0.15) is 24.5 Å². The molecule has 0 saturated carbocycles. The van der Waals surface area contributed by atoms with E-state index < -0.39 is 22.4 Å². The maximum Gasteiger partial charge on any atom is 0.423 e. The van der Waals surface area contributed by atoms with E-state index in [-0.39, 0.29) is 24.2 Å². The molecule has 0 aromatic heterocycles. The highest BCUT2D eigenvalue weighted by Crippen LogP contribution is 2.36. The Hall–Kier alpha value is -1.92. The highest BCUT2D eigenvalue weighted by molar-refractivity contribution is 5.80. The molecule has 4 nitrogen and oxygen atoms in total. The van der Waals surface area contributed by atoms with Crippen LogP contribution < -0.4 is 0 Å². The normalized spacial score (nSPS) is 11.3. The first-order valence-electron chi connectivity index (χ1n) is 5.12. The molecule has 0 radical (unpaired) electrons. The zero-order valence-corrected chi connectivity index (χ0v) is 9.45. The molecule has 0 aliphatic heterocycles. The summed E-state index contributed by atoms with van der Waals surface area (Å²) >= 11 is 0. The van der Waals surface area contributed by atoms with Crippen LogP contribution in [0.2, 0.25) is 0 Å². The summed E-state index contributed by atoms with van der Waals surface area (Å²) in [4.78, 5) is 20.6. The summed E-state index contributed by atoms with van der Waals surface area (Å²) in [7, 11) is 0. The molecule has 0 aliphatic carbocycles. The Kier molecular flexibility index (Phi) is 4.05. The molecule has 0 spiro atoms. The van der Waals surface area contributed by atoms with Gasteiger partial charge in [0.2, 0.25) is 0 Å². The third-order valence-electron chi connectivity index (χ3n) is 2.36. The van der Waals surface area contributed by atoms with Gasteiger partial charge in [0.1, 0.15) is 11.3 Å². The Morgan fingerprint density at radius 2 is 2.00 bits per heavy atom. The summed E-state index contributed by atoms with van der Waals surface area (Å²) in [6.07, 6.45) is -4.76. The van der Waals surface area contributed by atoms with Crippen LogP contribution in [0.4, 0.5) is 18.9 Å². The molecular weight excluding hydrogens is 251 g/mol. The topological polar surface area (TPSA) is 60.2 Å². The largest absolute Gasteiger partial charge is 0.423 e. The quantitative estimate of drug-likeness (QED) is 0.618. The lowest BCUT2D eigenvalue weighted by molar-refractivity contribution is -0.388. The third kappa shape index (κ3) is 3.28. The van der Waals surface area contributed by atoms with Crippen LogP contribution in [0, 0.1) is 10.1 Å². The van der Waals surface area contributed by atoms with Crippen LogP contribution in [0.25, 0.3) is 0 Å². The number of alkyl halides is 3. The average molecular weight is 261 g/mol. The molecule has 0 atom stereocenters. The van der Waals surface area contributed by atoms with Gasteiger partial charge in [-0.25, -0.2) is 0 Å². The zero-order valence-electron chi connectivity index (χ0n) is 9.45. The van der Waals surface area contributed by atoms with Crippen molar-refractivity contribution in [2.75, 3.05) is 0 Å². The van der Waals surface area contributed by atoms with Crippen LogP contribution in [0.15, 0.2) is 18.2 Å². The zero-order chi connectivity index (χ0) is 13.9. The van der Waals surface area contributed by atoms with Crippen LogP contribution in [-0.2, 0) is 17.4 Å². The number of carbonyl (C=O) groups excluding carboxylic acids is 1. The summed E-state index contributed by atoms with van der Waals surface area (Å²) < 4.78 is 37.9. The average Bonchev–Trinajstić information content (AvgIpc) is 2.27. The molecule has 7 heteroatoms. The molecule has 0 unspecified atom stereocenters. The van der Waals surface area contributed by atoms with Crippen LogP contribution in [-0.4, -0.2) is 10.7 Å². The predicted octanol–water partition coefficient (Wildman–Crippen LogP) is 3.14. The van der Waals surface area contributed by atoms with Gasteiger partial charge in [0.15, 0.2) is 0 Å². The number of hydrogen-bond acceptors (Lipinski definition) is 3. The molecule has 0 amide bonds. The van der Waals surface area contributed by atoms with Gasteiger partial charge in [0.05, 0.1) is 4.92 Å². The van der Waals surface area contributed by atoms with Crippen LogP contribution in [0.3, 0.4) is 0 Å². The lowest BCUT2D eigenvalue weighted by atomic mass is 10.0. The Balaban J connectivity index is 3.22.